The number of rotatable bonds is 4. The first kappa shape index (κ1) is 17.9. The second kappa shape index (κ2) is 6.92. The van der Waals surface area contributed by atoms with E-state index in [4.69, 9.17) is 0 Å². The molecule has 0 radical (unpaired) electrons. The van der Waals surface area contributed by atoms with Gasteiger partial charge in [-0.3, -0.25) is 0 Å². The van der Waals surface area contributed by atoms with Gasteiger partial charge in [-0.25, -0.2) is 0 Å². The van der Waals surface area contributed by atoms with E-state index in [1.54, 1.807) is 37.6 Å². The standard InChI is InChI=1S/C10H14BF3OP.K/c1-16(2,15)10-5-3-4-9(8-10)6-7-11(12,13)14;/h3-5,8H,6-7H2,1-2H3;/q-1;+1. The maximum atomic E-state index is 12.1. The second-order valence-corrected chi connectivity index (χ2v) is 7.49. The Labute approximate surface area is 142 Å². The molecule has 90 valence electrons. The molecule has 0 N–H and O–H groups in total. The molecule has 0 aromatic heterocycles. The van der Waals surface area contributed by atoms with Gasteiger partial charge in [0, 0.05) is 5.30 Å². The van der Waals surface area contributed by atoms with E-state index in [1.165, 1.54) is 0 Å². The van der Waals surface area contributed by atoms with Crippen molar-refractivity contribution in [3.8, 4) is 0 Å². The van der Waals surface area contributed by atoms with Gasteiger partial charge in [-0.15, -0.1) is 0 Å². The molecule has 1 aromatic carbocycles. The normalized spacial score (nSPS) is 12.1. The smallest absolute Gasteiger partial charge is 0.449 e. The van der Waals surface area contributed by atoms with Gasteiger partial charge in [0.15, 0.2) is 0 Å². The van der Waals surface area contributed by atoms with Crippen LogP contribution in [0.5, 0.6) is 0 Å². The van der Waals surface area contributed by atoms with Crippen LogP contribution in [0, 0.1) is 0 Å². The topological polar surface area (TPSA) is 17.1 Å². The number of aryl methyl sites for hydroxylation is 1. The Hall–Kier alpha value is 0.941. The summed E-state index contributed by atoms with van der Waals surface area (Å²) in [6.45, 7) is -1.52. The van der Waals surface area contributed by atoms with Gasteiger partial charge in [0.1, 0.15) is 7.14 Å². The Bertz CT molecular complexity index is 416. The monoisotopic (exact) mass is 288 g/mol. The van der Waals surface area contributed by atoms with Gasteiger partial charge in [-0.05, 0) is 19.4 Å². The summed E-state index contributed by atoms with van der Waals surface area (Å²) in [5, 5.41) is 0.639. The van der Waals surface area contributed by atoms with Crippen molar-refractivity contribution < 1.29 is 68.9 Å². The third-order valence-corrected chi connectivity index (χ3v) is 3.81. The summed E-state index contributed by atoms with van der Waals surface area (Å²) in [7, 11) is -2.39. The molecule has 0 bridgehead atoms. The average Bonchev–Trinajstić information content (AvgIpc) is 2.13. The van der Waals surface area contributed by atoms with Crippen LogP contribution in [0.2, 0.25) is 6.32 Å². The molecule has 0 aliphatic heterocycles. The molecule has 1 nitrogen and oxygen atoms in total. The van der Waals surface area contributed by atoms with Gasteiger partial charge >= 0.3 is 58.4 Å². The molecule has 0 unspecified atom stereocenters. The number of hydrogen-bond acceptors (Lipinski definition) is 1. The van der Waals surface area contributed by atoms with Gasteiger partial charge in [-0.2, -0.15) is 0 Å². The fourth-order valence-electron chi connectivity index (χ4n) is 1.38. The first-order valence-electron chi connectivity index (χ1n) is 5.04. The van der Waals surface area contributed by atoms with Gasteiger partial charge in [0.05, 0.1) is 0 Å². The summed E-state index contributed by atoms with van der Waals surface area (Å²) in [5.74, 6) is 0. The van der Waals surface area contributed by atoms with Crippen molar-refractivity contribution in [1.29, 1.82) is 0 Å². The van der Waals surface area contributed by atoms with Crippen molar-refractivity contribution in [3.63, 3.8) is 0 Å². The molecular weight excluding hydrogens is 274 g/mol. The van der Waals surface area contributed by atoms with Crippen LogP contribution >= 0.6 is 7.14 Å². The summed E-state index contributed by atoms with van der Waals surface area (Å²) in [6.07, 6.45) is -0.807. The van der Waals surface area contributed by atoms with E-state index in [0.29, 0.717) is 10.9 Å². The minimum atomic E-state index is -4.74. The van der Waals surface area contributed by atoms with Crippen molar-refractivity contribution >= 4 is 19.4 Å². The van der Waals surface area contributed by atoms with Crippen molar-refractivity contribution in [1.82, 2.24) is 0 Å². The van der Waals surface area contributed by atoms with E-state index in [0.717, 1.165) is 0 Å². The summed E-state index contributed by atoms with van der Waals surface area (Å²) in [4.78, 5) is 0. The number of hydrogen-bond donors (Lipinski definition) is 0. The minimum absolute atomic E-state index is 0. The van der Waals surface area contributed by atoms with E-state index in [9.17, 15) is 17.5 Å². The first-order chi connectivity index (χ1) is 7.18. The Morgan fingerprint density at radius 3 is 2.29 bits per heavy atom. The number of halogens is 3. The van der Waals surface area contributed by atoms with Crippen LogP contribution in [-0.2, 0) is 11.0 Å². The molecule has 0 heterocycles. The Morgan fingerprint density at radius 1 is 1.24 bits per heavy atom. The van der Waals surface area contributed by atoms with E-state index in [1.807, 2.05) is 0 Å². The Balaban J connectivity index is 0.00000256. The van der Waals surface area contributed by atoms with Gasteiger partial charge in [0.2, 0.25) is 0 Å². The van der Waals surface area contributed by atoms with E-state index in [-0.39, 0.29) is 57.8 Å². The molecule has 0 saturated heterocycles. The summed E-state index contributed by atoms with van der Waals surface area (Å²) in [6, 6.07) is 6.61. The summed E-state index contributed by atoms with van der Waals surface area (Å²) < 4.78 is 48.0. The zero-order valence-electron chi connectivity index (χ0n) is 10.3. The fraction of sp³-hybridized carbons (Fsp3) is 0.400. The van der Waals surface area contributed by atoms with Crippen LogP contribution in [0.15, 0.2) is 24.3 Å². The molecule has 0 aliphatic rings. The van der Waals surface area contributed by atoms with E-state index >= 15 is 0 Å². The minimum Gasteiger partial charge on any atom is -0.449 e. The number of benzene rings is 1. The Kier molecular flexibility index (Phi) is 7.30. The van der Waals surface area contributed by atoms with Crippen LogP contribution in [0.25, 0.3) is 0 Å². The molecular formula is C10H14BF3KOP. The predicted molar refractivity (Wildman–Crippen MR) is 63.1 cm³/mol. The molecule has 0 amide bonds. The molecule has 1 aromatic rings. The maximum Gasteiger partial charge on any atom is 1.00 e. The largest absolute Gasteiger partial charge is 1.00 e. The molecule has 7 heteroatoms. The SMILES string of the molecule is CP(C)(=O)c1cccc(CC[B-](F)(F)F)c1.[K+]. The van der Waals surface area contributed by atoms with Crippen LogP contribution in [-0.4, -0.2) is 20.3 Å². The third-order valence-electron chi connectivity index (χ3n) is 2.29. The van der Waals surface area contributed by atoms with Crippen LogP contribution in [0.4, 0.5) is 12.9 Å². The van der Waals surface area contributed by atoms with Gasteiger partial charge in [-0.1, -0.05) is 36.5 Å². The molecule has 0 fully saturated rings. The fourth-order valence-corrected chi connectivity index (χ4v) is 2.30. The maximum absolute atomic E-state index is 12.1. The quantitative estimate of drug-likeness (QED) is 0.576. The zero-order chi connectivity index (χ0) is 12.4. The third kappa shape index (κ3) is 7.19. The molecule has 0 aliphatic carbocycles. The Morgan fingerprint density at radius 2 is 1.82 bits per heavy atom. The van der Waals surface area contributed by atoms with Crippen molar-refractivity contribution in [2.75, 3.05) is 13.3 Å². The predicted octanol–water partition coefficient (Wildman–Crippen LogP) is 0.328. The average molecular weight is 288 g/mol. The van der Waals surface area contributed by atoms with Gasteiger partial charge in [0.25, 0.3) is 0 Å². The van der Waals surface area contributed by atoms with Crippen LogP contribution in [0.3, 0.4) is 0 Å². The van der Waals surface area contributed by atoms with Crippen molar-refractivity contribution in [2.24, 2.45) is 0 Å². The van der Waals surface area contributed by atoms with E-state index in [2.05, 4.69) is 0 Å². The van der Waals surface area contributed by atoms with Crippen molar-refractivity contribution in [3.05, 3.63) is 29.8 Å². The molecule has 0 atom stereocenters. The second-order valence-electron chi connectivity index (χ2n) is 4.27. The van der Waals surface area contributed by atoms with Crippen LogP contribution < -0.4 is 56.7 Å². The molecule has 0 spiro atoms. The molecule has 1 rings (SSSR count). The summed E-state index contributed by atoms with van der Waals surface area (Å²) >= 11 is 0. The van der Waals surface area contributed by atoms with Gasteiger partial charge < -0.3 is 17.5 Å². The zero-order valence-corrected chi connectivity index (χ0v) is 14.3. The van der Waals surface area contributed by atoms with Crippen molar-refractivity contribution in [2.45, 2.75) is 12.7 Å². The summed E-state index contributed by atoms with van der Waals surface area (Å²) in [5.41, 5.74) is 0.598. The first-order valence-corrected chi connectivity index (χ1v) is 7.64. The molecule has 0 saturated carbocycles. The molecule has 17 heavy (non-hydrogen) atoms. The van der Waals surface area contributed by atoms with E-state index < -0.39 is 20.4 Å². The van der Waals surface area contributed by atoms with Crippen LogP contribution in [0.1, 0.15) is 5.56 Å².